The van der Waals surface area contributed by atoms with E-state index in [0.717, 1.165) is 11.1 Å². The highest BCUT2D eigenvalue weighted by molar-refractivity contribution is 7.80. The molecule has 0 spiro atoms. The van der Waals surface area contributed by atoms with Crippen molar-refractivity contribution in [2.45, 2.75) is 13.3 Å². The maximum Gasteiger partial charge on any atom is 0.253 e. The van der Waals surface area contributed by atoms with Gasteiger partial charge in [0.15, 0.2) is 5.11 Å². The van der Waals surface area contributed by atoms with Gasteiger partial charge in [0.2, 0.25) is 5.91 Å². The van der Waals surface area contributed by atoms with E-state index in [9.17, 15) is 9.59 Å². The minimum Gasteiger partial charge on any atom is -0.355 e. The Morgan fingerprint density at radius 1 is 1.04 bits per heavy atom. The number of aryl methyl sites for hydroxylation is 1. The summed E-state index contributed by atoms with van der Waals surface area (Å²) >= 11 is 5.17. The number of carbonyl (C=O) groups excluding carboxylic acids is 2. The number of amides is 2. The summed E-state index contributed by atoms with van der Waals surface area (Å²) in [5.74, 6) is -0.439. The average molecular weight is 341 g/mol. The molecule has 2 aromatic rings. The second-order valence-electron chi connectivity index (χ2n) is 5.23. The maximum absolute atomic E-state index is 12.1. The summed E-state index contributed by atoms with van der Waals surface area (Å²) in [4.78, 5) is 24.0. The van der Waals surface area contributed by atoms with Gasteiger partial charge in [0, 0.05) is 7.05 Å². The van der Waals surface area contributed by atoms with E-state index >= 15 is 0 Å². The van der Waals surface area contributed by atoms with Crippen LogP contribution >= 0.6 is 12.2 Å². The Kier molecular flexibility index (Phi) is 6.03. The lowest BCUT2D eigenvalue weighted by Gasteiger charge is -2.13. The van der Waals surface area contributed by atoms with Gasteiger partial charge in [-0.15, -0.1) is 0 Å². The molecule has 0 bridgehead atoms. The van der Waals surface area contributed by atoms with Crippen molar-refractivity contribution in [3.63, 3.8) is 0 Å². The summed E-state index contributed by atoms with van der Waals surface area (Å²) in [6.45, 7) is 1.96. The summed E-state index contributed by atoms with van der Waals surface area (Å²) < 4.78 is 0. The monoisotopic (exact) mass is 341 g/mol. The predicted molar refractivity (Wildman–Crippen MR) is 99.1 cm³/mol. The van der Waals surface area contributed by atoms with Gasteiger partial charge < -0.3 is 16.0 Å². The number of anilines is 1. The Hall–Kier alpha value is -2.73. The van der Waals surface area contributed by atoms with Crippen LogP contribution in [-0.4, -0.2) is 24.0 Å². The van der Waals surface area contributed by atoms with Crippen molar-refractivity contribution in [3.05, 3.63) is 65.2 Å². The number of rotatable bonds is 4. The number of thiocarbonyl (C=S) groups is 1. The van der Waals surface area contributed by atoms with E-state index in [4.69, 9.17) is 12.2 Å². The molecule has 0 atom stereocenters. The van der Waals surface area contributed by atoms with Crippen molar-refractivity contribution in [3.8, 4) is 0 Å². The third-order valence-corrected chi connectivity index (χ3v) is 3.72. The van der Waals surface area contributed by atoms with E-state index in [-0.39, 0.29) is 23.3 Å². The summed E-state index contributed by atoms with van der Waals surface area (Å²) in [5.41, 5.74) is 2.99. The molecule has 0 saturated carbocycles. The first-order valence-corrected chi connectivity index (χ1v) is 7.88. The molecular weight excluding hydrogens is 322 g/mol. The lowest BCUT2D eigenvalue weighted by molar-refractivity contribution is -0.119. The zero-order valence-electron chi connectivity index (χ0n) is 13.6. The van der Waals surface area contributed by atoms with Crippen LogP contribution < -0.4 is 16.0 Å². The van der Waals surface area contributed by atoms with Crippen molar-refractivity contribution >= 4 is 34.8 Å². The fourth-order valence-electron chi connectivity index (χ4n) is 2.23. The Morgan fingerprint density at radius 2 is 1.71 bits per heavy atom. The predicted octanol–water partition coefficient (Wildman–Crippen LogP) is 2.41. The smallest absolute Gasteiger partial charge is 0.253 e. The van der Waals surface area contributed by atoms with E-state index in [1.165, 1.54) is 0 Å². The van der Waals surface area contributed by atoms with E-state index < -0.39 is 0 Å². The lowest BCUT2D eigenvalue weighted by Crippen LogP contribution is -2.35. The van der Waals surface area contributed by atoms with Gasteiger partial charge in [0.25, 0.3) is 5.91 Å². The van der Waals surface area contributed by atoms with Crippen LogP contribution in [0.1, 0.15) is 21.5 Å². The summed E-state index contributed by atoms with van der Waals surface area (Å²) in [5, 5.41) is 8.26. The molecular formula is C18H19N3O2S. The highest BCUT2D eigenvalue weighted by Gasteiger charge is 2.12. The van der Waals surface area contributed by atoms with Gasteiger partial charge in [-0.25, -0.2) is 0 Å². The van der Waals surface area contributed by atoms with Crippen molar-refractivity contribution < 1.29 is 9.59 Å². The average Bonchev–Trinajstić information content (AvgIpc) is 2.56. The molecule has 0 radical (unpaired) electrons. The standard InChI is InChI=1S/C18H19N3O2S/c1-12-7-3-4-8-13(12)11-16(22)21-18(24)20-15-10-6-5-9-14(15)17(23)19-2/h3-10H,11H2,1-2H3,(H,19,23)(H2,20,21,22,24). The maximum atomic E-state index is 12.1. The SMILES string of the molecule is CNC(=O)c1ccccc1NC(=S)NC(=O)Cc1ccccc1C. The molecule has 0 saturated heterocycles. The normalized spacial score (nSPS) is 9.92. The molecule has 0 aliphatic heterocycles. The zero-order chi connectivity index (χ0) is 17.5. The van der Waals surface area contributed by atoms with Crippen LogP contribution in [0.3, 0.4) is 0 Å². The van der Waals surface area contributed by atoms with E-state index in [1.54, 1.807) is 31.3 Å². The number of benzene rings is 2. The minimum absolute atomic E-state index is 0.157. The van der Waals surface area contributed by atoms with Crippen LogP contribution in [0, 0.1) is 6.92 Å². The fraction of sp³-hybridized carbons (Fsp3) is 0.167. The highest BCUT2D eigenvalue weighted by Crippen LogP contribution is 2.14. The molecule has 0 aliphatic rings. The molecule has 3 N–H and O–H groups in total. The summed E-state index contributed by atoms with van der Waals surface area (Å²) in [7, 11) is 1.56. The van der Waals surface area contributed by atoms with Gasteiger partial charge in [-0.2, -0.15) is 0 Å². The lowest BCUT2D eigenvalue weighted by atomic mass is 10.1. The Labute approximate surface area is 146 Å². The fourth-order valence-corrected chi connectivity index (χ4v) is 2.45. The quantitative estimate of drug-likeness (QED) is 0.747. The number of hydrogen-bond acceptors (Lipinski definition) is 3. The Balaban J connectivity index is 2.00. The van der Waals surface area contributed by atoms with Crippen LogP contribution in [0.15, 0.2) is 48.5 Å². The molecule has 0 unspecified atom stereocenters. The van der Waals surface area contributed by atoms with Gasteiger partial charge in [0.1, 0.15) is 0 Å². The highest BCUT2D eigenvalue weighted by atomic mass is 32.1. The van der Waals surface area contributed by atoms with Gasteiger partial charge >= 0.3 is 0 Å². The van der Waals surface area contributed by atoms with E-state index in [0.29, 0.717) is 11.3 Å². The second-order valence-corrected chi connectivity index (χ2v) is 5.64. The first kappa shape index (κ1) is 17.6. The molecule has 0 aromatic heterocycles. The molecule has 6 heteroatoms. The van der Waals surface area contributed by atoms with Crippen LogP contribution in [0.5, 0.6) is 0 Å². The van der Waals surface area contributed by atoms with Crippen molar-refractivity contribution in [2.75, 3.05) is 12.4 Å². The van der Waals surface area contributed by atoms with Crippen molar-refractivity contribution in [2.24, 2.45) is 0 Å². The van der Waals surface area contributed by atoms with E-state index in [2.05, 4.69) is 16.0 Å². The number of nitrogens with one attached hydrogen (secondary N) is 3. The third kappa shape index (κ3) is 4.63. The van der Waals surface area contributed by atoms with Crippen molar-refractivity contribution in [1.29, 1.82) is 0 Å². The third-order valence-electron chi connectivity index (χ3n) is 3.51. The number of para-hydroxylation sites is 1. The summed E-state index contributed by atoms with van der Waals surface area (Å²) in [6.07, 6.45) is 0.242. The molecule has 2 rings (SSSR count). The minimum atomic E-state index is -0.230. The Morgan fingerprint density at radius 3 is 2.42 bits per heavy atom. The van der Waals surface area contributed by atoms with Crippen LogP contribution in [0.4, 0.5) is 5.69 Å². The molecule has 5 nitrogen and oxygen atoms in total. The number of hydrogen-bond donors (Lipinski definition) is 3. The molecule has 24 heavy (non-hydrogen) atoms. The molecule has 0 aliphatic carbocycles. The number of carbonyl (C=O) groups is 2. The van der Waals surface area contributed by atoms with Gasteiger partial charge in [0.05, 0.1) is 17.7 Å². The largest absolute Gasteiger partial charge is 0.355 e. The Bertz CT molecular complexity index is 774. The molecule has 2 amide bonds. The molecule has 0 heterocycles. The molecule has 124 valence electrons. The summed E-state index contributed by atoms with van der Waals surface area (Å²) in [6, 6.07) is 14.6. The van der Waals surface area contributed by atoms with Crippen LogP contribution in [0.25, 0.3) is 0 Å². The molecule has 2 aromatic carbocycles. The first-order valence-electron chi connectivity index (χ1n) is 7.47. The zero-order valence-corrected chi connectivity index (χ0v) is 14.4. The van der Waals surface area contributed by atoms with Crippen LogP contribution in [-0.2, 0) is 11.2 Å². The topological polar surface area (TPSA) is 70.2 Å². The van der Waals surface area contributed by atoms with Gasteiger partial charge in [-0.3, -0.25) is 9.59 Å². The van der Waals surface area contributed by atoms with E-state index in [1.807, 2.05) is 31.2 Å². The molecule has 0 fully saturated rings. The van der Waals surface area contributed by atoms with Gasteiger partial charge in [-0.1, -0.05) is 36.4 Å². The van der Waals surface area contributed by atoms with Crippen molar-refractivity contribution in [1.82, 2.24) is 10.6 Å². The first-order chi connectivity index (χ1) is 11.5. The second kappa shape index (κ2) is 8.21. The van der Waals surface area contributed by atoms with Gasteiger partial charge in [-0.05, 0) is 42.4 Å². The van der Waals surface area contributed by atoms with Crippen LogP contribution in [0.2, 0.25) is 0 Å².